The van der Waals surface area contributed by atoms with Crippen LogP contribution in [0.5, 0.6) is 0 Å². The van der Waals surface area contributed by atoms with Crippen molar-refractivity contribution in [3.05, 3.63) is 35.8 Å². The molecule has 1 N–H and O–H groups in total. The van der Waals surface area contributed by atoms with Gasteiger partial charge in [0.05, 0.1) is 0 Å². The average Bonchev–Trinajstić information content (AvgIpc) is 2.97. The molecule has 23 heavy (non-hydrogen) atoms. The van der Waals surface area contributed by atoms with E-state index in [2.05, 4.69) is 15.2 Å². The van der Waals surface area contributed by atoms with Gasteiger partial charge in [-0.1, -0.05) is 0 Å². The Labute approximate surface area is 133 Å². The standard InChI is InChI=1S/C16H19N5O2/c1-11-2-4-20-9-12(18-14(20)8-11)16(23)21-7-6-19-5-3-17-15(22)13(19)10-21/h2,4,8-9,13H,3,5-7,10H2,1H3,(H,17,22)/t13-/m0/s1. The Kier molecular flexibility index (Phi) is 3.30. The van der Waals surface area contributed by atoms with Crippen LogP contribution < -0.4 is 5.32 Å². The van der Waals surface area contributed by atoms with Crippen molar-refractivity contribution in [2.75, 3.05) is 32.7 Å². The van der Waals surface area contributed by atoms with Gasteiger partial charge in [-0.05, 0) is 24.6 Å². The van der Waals surface area contributed by atoms with E-state index in [-0.39, 0.29) is 17.9 Å². The minimum Gasteiger partial charge on any atom is -0.353 e. The van der Waals surface area contributed by atoms with Crippen molar-refractivity contribution in [1.29, 1.82) is 0 Å². The predicted octanol–water partition coefficient (Wildman–Crippen LogP) is -0.101. The molecule has 2 aromatic rings. The first-order chi connectivity index (χ1) is 11.1. The highest BCUT2D eigenvalue weighted by molar-refractivity contribution is 5.94. The first-order valence-corrected chi connectivity index (χ1v) is 7.88. The summed E-state index contributed by atoms with van der Waals surface area (Å²) in [5.74, 6) is -0.0937. The van der Waals surface area contributed by atoms with Gasteiger partial charge in [-0.25, -0.2) is 4.98 Å². The zero-order chi connectivity index (χ0) is 16.0. The van der Waals surface area contributed by atoms with Crippen molar-refractivity contribution >= 4 is 17.5 Å². The van der Waals surface area contributed by atoms with Crippen molar-refractivity contribution in [2.24, 2.45) is 0 Å². The average molecular weight is 313 g/mol. The number of piperazine rings is 2. The number of pyridine rings is 1. The van der Waals surface area contributed by atoms with Gasteiger partial charge in [0.25, 0.3) is 5.91 Å². The number of aromatic nitrogens is 2. The number of rotatable bonds is 1. The van der Waals surface area contributed by atoms with E-state index in [1.165, 1.54) is 0 Å². The first kappa shape index (κ1) is 14.2. The number of fused-ring (bicyclic) bond motifs is 2. The maximum Gasteiger partial charge on any atom is 0.274 e. The number of carbonyl (C=O) groups excluding carboxylic acids is 2. The molecule has 4 heterocycles. The van der Waals surface area contributed by atoms with Crippen LogP contribution in [0.2, 0.25) is 0 Å². The maximum absolute atomic E-state index is 12.7. The summed E-state index contributed by atoms with van der Waals surface area (Å²) in [4.78, 5) is 33.1. The molecular weight excluding hydrogens is 294 g/mol. The molecule has 120 valence electrons. The molecule has 2 aliphatic rings. The molecule has 2 fully saturated rings. The number of aryl methyl sites for hydroxylation is 1. The molecule has 0 aromatic carbocycles. The number of amides is 2. The highest BCUT2D eigenvalue weighted by atomic mass is 16.2. The number of nitrogens with zero attached hydrogens (tertiary/aromatic N) is 4. The summed E-state index contributed by atoms with van der Waals surface area (Å²) in [7, 11) is 0. The molecule has 0 spiro atoms. The van der Waals surface area contributed by atoms with E-state index < -0.39 is 0 Å². The van der Waals surface area contributed by atoms with Gasteiger partial charge in [-0.15, -0.1) is 0 Å². The van der Waals surface area contributed by atoms with Gasteiger partial charge in [0, 0.05) is 45.1 Å². The molecule has 0 bridgehead atoms. The van der Waals surface area contributed by atoms with E-state index in [0.29, 0.717) is 25.3 Å². The van der Waals surface area contributed by atoms with Crippen LogP contribution in [-0.4, -0.2) is 69.8 Å². The Morgan fingerprint density at radius 1 is 1.35 bits per heavy atom. The molecule has 0 unspecified atom stereocenters. The molecule has 1 atom stereocenters. The highest BCUT2D eigenvalue weighted by Crippen LogP contribution is 2.16. The molecule has 7 nitrogen and oxygen atoms in total. The second-order valence-electron chi connectivity index (χ2n) is 6.19. The lowest BCUT2D eigenvalue weighted by Gasteiger charge is -2.42. The van der Waals surface area contributed by atoms with Gasteiger partial charge in [0.2, 0.25) is 5.91 Å². The molecule has 0 aliphatic carbocycles. The summed E-state index contributed by atoms with van der Waals surface area (Å²) >= 11 is 0. The van der Waals surface area contributed by atoms with E-state index >= 15 is 0 Å². The zero-order valence-electron chi connectivity index (χ0n) is 13.0. The van der Waals surface area contributed by atoms with Crippen molar-refractivity contribution in [3.63, 3.8) is 0 Å². The normalized spacial score (nSPS) is 22.0. The van der Waals surface area contributed by atoms with Gasteiger partial charge in [0.1, 0.15) is 17.4 Å². The molecular formula is C16H19N5O2. The van der Waals surface area contributed by atoms with E-state index in [9.17, 15) is 9.59 Å². The minimum atomic E-state index is -0.235. The number of hydrogen-bond donors (Lipinski definition) is 1. The predicted molar refractivity (Wildman–Crippen MR) is 84.2 cm³/mol. The van der Waals surface area contributed by atoms with Crippen LogP contribution in [-0.2, 0) is 4.79 Å². The molecule has 2 aliphatic heterocycles. The summed E-state index contributed by atoms with van der Waals surface area (Å²) in [6, 6.07) is 3.69. The van der Waals surface area contributed by atoms with Crippen LogP contribution >= 0.6 is 0 Å². The molecule has 4 rings (SSSR count). The van der Waals surface area contributed by atoms with Gasteiger partial charge in [-0.2, -0.15) is 0 Å². The third kappa shape index (κ3) is 2.46. The zero-order valence-corrected chi connectivity index (χ0v) is 13.0. The third-order valence-electron chi connectivity index (χ3n) is 4.61. The Morgan fingerprint density at radius 3 is 3.09 bits per heavy atom. The Balaban J connectivity index is 1.57. The lowest BCUT2D eigenvalue weighted by Crippen LogP contribution is -2.64. The molecule has 2 aromatic heterocycles. The number of carbonyl (C=O) groups is 2. The fraction of sp³-hybridized carbons (Fsp3) is 0.438. The summed E-state index contributed by atoms with van der Waals surface area (Å²) in [5, 5.41) is 2.87. The first-order valence-electron chi connectivity index (χ1n) is 7.88. The smallest absolute Gasteiger partial charge is 0.274 e. The fourth-order valence-corrected chi connectivity index (χ4v) is 3.31. The summed E-state index contributed by atoms with van der Waals surface area (Å²) in [6.07, 6.45) is 3.66. The monoisotopic (exact) mass is 313 g/mol. The van der Waals surface area contributed by atoms with Gasteiger partial charge in [-0.3, -0.25) is 14.5 Å². The maximum atomic E-state index is 12.7. The SMILES string of the molecule is Cc1ccn2cc(C(=O)N3CCN4CCNC(=O)[C@@H]4C3)nc2c1. The molecule has 2 saturated heterocycles. The van der Waals surface area contributed by atoms with Crippen molar-refractivity contribution in [2.45, 2.75) is 13.0 Å². The Bertz CT molecular complexity index is 784. The Morgan fingerprint density at radius 2 is 2.22 bits per heavy atom. The van der Waals surface area contributed by atoms with E-state index in [1.54, 1.807) is 11.1 Å². The van der Waals surface area contributed by atoms with E-state index in [0.717, 1.165) is 24.3 Å². The second-order valence-corrected chi connectivity index (χ2v) is 6.19. The van der Waals surface area contributed by atoms with Gasteiger partial charge >= 0.3 is 0 Å². The Hall–Kier alpha value is -2.41. The minimum absolute atomic E-state index is 0.0133. The summed E-state index contributed by atoms with van der Waals surface area (Å²) in [6.45, 7) is 5.33. The van der Waals surface area contributed by atoms with Crippen molar-refractivity contribution in [3.8, 4) is 0 Å². The number of hydrogen-bond acceptors (Lipinski definition) is 4. The fourth-order valence-electron chi connectivity index (χ4n) is 3.31. The molecule has 7 heteroatoms. The molecule has 0 radical (unpaired) electrons. The van der Waals surface area contributed by atoms with Crippen molar-refractivity contribution in [1.82, 2.24) is 24.5 Å². The lowest BCUT2D eigenvalue weighted by molar-refractivity contribution is -0.131. The van der Waals surface area contributed by atoms with Crippen LogP contribution in [0.3, 0.4) is 0 Å². The lowest BCUT2D eigenvalue weighted by atomic mass is 10.1. The largest absolute Gasteiger partial charge is 0.353 e. The topological polar surface area (TPSA) is 70.0 Å². The van der Waals surface area contributed by atoms with E-state index in [1.807, 2.05) is 29.7 Å². The van der Waals surface area contributed by atoms with Crippen molar-refractivity contribution < 1.29 is 9.59 Å². The van der Waals surface area contributed by atoms with Crippen LogP contribution in [0.25, 0.3) is 5.65 Å². The highest BCUT2D eigenvalue weighted by Gasteiger charge is 2.36. The van der Waals surface area contributed by atoms with Gasteiger partial charge in [0.15, 0.2) is 0 Å². The van der Waals surface area contributed by atoms with Crippen LogP contribution in [0.4, 0.5) is 0 Å². The third-order valence-corrected chi connectivity index (χ3v) is 4.61. The molecule has 0 saturated carbocycles. The van der Waals surface area contributed by atoms with Crippen LogP contribution in [0.15, 0.2) is 24.5 Å². The van der Waals surface area contributed by atoms with E-state index in [4.69, 9.17) is 0 Å². The summed E-state index contributed by atoms with van der Waals surface area (Å²) in [5.41, 5.74) is 2.30. The quantitative estimate of drug-likeness (QED) is 0.798. The summed E-state index contributed by atoms with van der Waals surface area (Å²) < 4.78 is 1.85. The second kappa shape index (κ2) is 5.34. The van der Waals surface area contributed by atoms with Crippen LogP contribution in [0.1, 0.15) is 16.1 Å². The number of nitrogens with one attached hydrogen (secondary N) is 1. The molecule has 2 amide bonds. The van der Waals surface area contributed by atoms with Crippen LogP contribution in [0, 0.1) is 6.92 Å². The van der Waals surface area contributed by atoms with Gasteiger partial charge < -0.3 is 14.6 Å². The number of imidazole rings is 1.